The van der Waals surface area contributed by atoms with Gasteiger partial charge in [0.15, 0.2) is 5.58 Å². The number of oxazole rings is 1. The minimum atomic E-state index is -0.673. The fraction of sp³-hybridized carbons (Fsp3) is 0. The van der Waals surface area contributed by atoms with Gasteiger partial charge in [0.1, 0.15) is 5.69 Å². The van der Waals surface area contributed by atoms with Crippen LogP contribution in [-0.4, -0.2) is 27.5 Å². The maximum atomic E-state index is 12.7. The third kappa shape index (κ3) is 2.79. The Labute approximate surface area is 171 Å². The van der Waals surface area contributed by atoms with Gasteiger partial charge in [-0.25, -0.2) is 4.79 Å². The van der Waals surface area contributed by atoms with E-state index in [-0.39, 0.29) is 28.2 Å². The van der Waals surface area contributed by atoms with Crippen molar-refractivity contribution in [1.82, 2.24) is 15.3 Å². The van der Waals surface area contributed by atoms with Crippen LogP contribution >= 0.6 is 11.8 Å². The summed E-state index contributed by atoms with van der Waals surface area (Å²) in [5, 5.41) is 14.6. The van der Waals surface area contributed by atoms with Gasteiger partial charge in [-0.15, -0.1) is 0 Å². The van der Waals surface area contributed by atoms with Crippen molar-refractivity contribution in [3.63, 3.8) is 0 Å². The Hall–Kier alpha value is -4.12. The molecule has 10 nitrogen and oxygen atoms in total. The zero-order valence-corrected chi connectivity index (χ0v) is 15.8. The number of carbonyl (C=O) groups excluding carboxylic acids is 2. The number of aromatic nitrogens is 2. The number of amides is 2. The molecule has 4 heterocycles. The predicted octanol–water partition coefficient (Wildman–Crippen LogP) is 1.48. The number of hydrogen-bond donors (Lipinski definition) is 5. The number of benzene rings is 1. The van der Waals surface area contributed by atoms with Crippen LogP contribution in [-0.2, 0) is 4.79 Å². The lowest BCUT2D eigenvalue weighted by Gasteiger charge is -2.21. The summed E-state index contributed by atoms with van der Waals surface area (Å²) in [4.78, 5) is 42.9. The van der Waals surface area contributed by atoms with E-state index in [0.29, 0.717) is 16.1 Å². The highest BCUT2D eigenvalue weighted by atomic mass is 32.2. The Kier molecular flexibility index (Phi) is 3.86. The molecular weight excluding hydrogens is 408 g/mol. The van der Waals surface area contributed by atoms with Gasteiger partial charge in [0.25, 0.3) is 5.91 Å². The third-order valence-corrected chi connectivity index (χ3v) is 5.71. The molecule has 2 aliphatic heterocycles. The Morgan fingerprint density at radius 3 is 2.87 bits per heavy atom. The summed E-state index contributed by atoms with van der Waals surface area (Å²) in [5.41, 5.74) is 7.78. The van der Waals surface area contributed by atoms with E-state index in [9.17, 15) is 14.4 Å². The number of nitrogens with one attached hydrogen (secondary N) is 4. The van der Waals surface area contributed by atoms with E-state index in [1.54, 1.807) is 24.4 Å². The molecule has 6 N–H and O–H groups in total. The molecule has 2 aromatic heterocycles. The smallest absolute Gasteiger partial charge is 0.408 e. The van der Waals surface area contributed by atoms with Gasteiger partial charge in [-0.05, 0) is 29.8 Å². The number of aromatic amines is 1. The summed E-state index contributed by atoms with van der Waals surface area (Å²) in [5.74, 6) is -1.70. The summed E-state index contributed by atoms with van der Waals surface area (Å²) in [6.07, 6.45) is 2.99. The Morgan fingerprint density at radius 2 is 2.07 bits per heavy atom. The zero-order chi connectivity index (χ0) is 21.0. The highest BCUT2D eigenvalue weighted by molar-refractivity contribution is 8.12. The second-order valence-electron chi connectivity index (χ2n) is 6.50. The molecule has 3 aromatic rings. The highest BCUT2D eigenvalue weighted by Crippen LogP contribution is 2.40. The lowest BCUT2D eigenvalue weighted by atomic mass is 10.0. The summed E-state index contributed by atoms with van der Waals surface area (Å²) in [7, 11) is 0. The van der Waals surface area contributed by atoms with Crippen molar-refractivity contribution < 1.29 is 14.0 Å². The van der Waals surface area contributed by atoms with Gasteiger partial charge in [-0.1, -0.05) is 11.8 Å². The van der Waals surface area contributed by atoms with Crippen molar-refractivity contribution in [2.75, 3.05) is 5.32 Å². The van der Waals surface area contributed by atoms with E-state index < -0.39 is 17.6 Å². The van der Waals surface area contributed by atoms with E-state index in [2.05, 4.69) is 20.6 Å². The second kappa shape index (κ2) is 6.46. The number of anilines is 1. The van der Waals surface area contributed by atoms with Gasteiger partial charge in [-0.2, -0.15) is 0 Å². The fourth-order valence-corrected chi connectivity index (χ4v) is 4.20. The summed E-state index contributed by atoms with van der Waals surface area (Å²) >= 11 is 1.28. The average molecular weight is 420 g/mol. The molecule has 0 aliphatic carbocycles. The average Bonchev–Trinajstić information content (AvgIpc) is 3.32. The van der Waals surface area contributed by atoms with E-state index in [4.69, 9.17) is 15.6 Å². The summed E-state index contributed by atoms with van der Waals surface area (Å²) < 4.78 is 5.01. The van der Waals surface area contributed by atoms with Crippen molar-refractivity contribution in [2.24, 2.45) is 5.73 Å². The first-order chi connectivity index (χ1) is 14.4. The molecule has 0 fully saturated rings. The predicted molar refractivity (Wildman–Crippen MR) is 111 cm³/mol. The van der Waals surface area contributed by atoms with E-state index >= 15 is 0 Å². The van der Waals surface area contributed by atoms with Crippen LogP contribution in [0.1, 0.15) is 21.6 Å². The quantitative estimate of drug-likeness (QED) is 0.391. The van der Waals surface area contributed by atoms with Crippen LogP contribution in [0.15, 0.2) is 56.5 Å². The number of carbonyl (C=O) groups is 2. The summed E-state index contributed by atoms with van der Waals surface area (Å²) in [6.45, 7) is 0. The molecule has 2 amide bonds. The number of fused-ring (bicyclic) bond motifs is 2. The van der Waals surface area contributed by atoms with Gasteiger partial charge in [0, 0.05) is 17.3 Å². The number of nitrogens with zero attached hydrogens (tertiary/aromatic N) is 1. The lowest BCUT2D eigenvalue weighted by molar-refractivity contribution is -0.112. The Morgan fingerprint density at radius 1 is 1.23 bits per heavy atom. The second-order valence-corrected chi connectivity index (χ2v) is 7.55. The molecular formula is C19H12N6O4S. The van der Waals surface area contributed by atoms with Crippen LogP contribution in [0, 0.1) is 5.41 Å². The number of nitrogens with two attached hydrogens (primary N) is 1. The van der Waals surface area contributed by atoms with Gasteiger partial charge in [-0.3, -0.25) is 25.0 Å². The van der Waals surface area contributed by atoms with Crippen LogP contribution in [0.4, 0.5) is 5.69 Å². The molecule has 5 rings (SSSR count). The molecule has 0 bridgehead atoms. The molecule has 30 heavy (non-hydrogen) atoms. The number of H-pyrrole nitrogens is 1. The number of primary amides is 1. The number of thioether (sulfide) groups is 1. The Bertz CT molecular complexity index is 1410. The molecule has 0 saturated heterocycles. The molecule has 2 aliphatic rings. The van der Waals surface area contributed by atoms with E-state index in [1.807, 2.05) is 0 Å². The summed E-state index contributed by atoms with van der Waals surface area (Å²) in [6, 6.07) is 6.64. The van der Waals surface area contributed by atoms with Gasteiger partial charge in [0.05, 0.1) is 33.1 Å². The number of hydrogen-bond acceptors (Lipinski definition) is 8. The van der Waals surface area contributed by atoms with E-state index in [0.717, 1.165) is 10.5 Å². The van der Waals surface area contributed by atoms with Crippen molar-refractivity contribution in [3.8, 4) is 0 Å². The molecule has 0 spiro atoms. The fourth-order valence-electron chi connectivity index (χ4n) is 3.20. The SMILES string of the molecule is N=C1/C(=C2\NC=C(c3ccc4oc(=O)[nH]c4c3)S2)C(=O)Nc2cc(C(N)=O)cnc21. The van der Waals surface area contributed by atoms with Crippen LogP contribution in [0.2, 0.25) is 0 Å². The Balaban J connectivity index is 1.48. The molecule has 1 aromatic carbocycles. The first-order valence-electron chi connectivity index (χ1n) is 8.63. The largest absolute Gasteiger partial charge is 0.417 e. The van der Waals surface area contributed by atoms with Crippen molar-refractivity contribution >= 4 is 51.0 Å². The topological polar surface area (TPSA) is 167 Å². The van der Waals surface area contributed by atoms with Crippen molar-refractivity contribution in [2.45, 2.75) is 0 Å². The molecule has 0 unspecified atom stereocenters. The molecule has 11 heteroatoms. The number of pyridine rings is 1. The van der Waals surface area contributed by atoms with Gasteiger partial charge >= 0.3 is 5.76 Å². The highest BCUT2D eigenvalue weighted by Gasteiger charge is 2.32. The van der Waals surface area contributed by atoms with Crippen molar-refractivity contribution in [1.29, 1.82) is 5.41 Å². The van der Waals surface area contributed by atoms with E-state index in [1.165, 1.54) is 24.0 Å². The van der Waals surface area contributed by atoms with Gasteiger partial charge in [0.2, 0.25) is 5.91 Å². The first kappa shape index (κ1) is 17.9. The minimum Gasteiger partial charge on any atom is -0.408 e. The normalized spacial score (nSPS) is 18.1. The van der Waals surface area contributed by atoms with Crippen LogP contribution in [0.3, 0.4) is 0 Å². The molecule has 0 saturated carbocycles. The maximum absolute atomic E-state index is 12.7. The zero-order valence-electron chi connectivity index (χ0n) is 15.0. The van der Waals surface area contributed by atoms with Crippen molar-refractivity contribution in [3.05, 3.63) is 74.6 Å². The lowest BCUT2D eigenvalue weighted by Crippen LogP contribution is -2.31. The van der Waals surface area contributed by atoms with Crippen LogP contribution < -0.4 is 22.1 Å². The standard InChI is InChI=1S/C19H12N6O4S/c20-14-13(17(27)24-10-4-8(16(21)26)5-22-15(10)14)18-23-6-12(30-18)7-1-2-11-9(3-7)25-19(28)29-11/h1-6,20,23H,(H2,21,26)(H,24,27)(H,25,28)/b18-13-,20-14?. The monoisotopic (exact) mass is 420 g/mol. The van der Waals surface area contributed by atoms with Gasteiger partial charge < -0.3 is 20.8 Å². The molecule has 148 valence electrons. The third-order valence-electron chi connectivity index (χ3n) is 4.61. The molecule has 0 radical (unpaired) electrons. The first-order valence-corrected chi connectivity index (χ1v) is 9.45. The number of rotatable bonds is 2. The maximum Gasteiger partial charge on any atom is 0.417 e. The minimum absolute atomic E-state index is 0.0657. The van der Waals surface area contributed by atoms with Crippen LogP contribution in [0.25, 0.3) is 16.0 Å². The van der Waals surface area contributed by atoms with Crippen LogP contribution in [0.5, 0.6) is 0 Å². The molecule has 0 atom stereocenters.